The molecule has 57 heavy (non-hydrogen) atoms. The van der Waals surface area contributed by atoms with Gasteiger partial charge in [-0.1, -0.05) is 97.1 Å². The van der Waals surface area contributed by atoms with Crippen molar-refractivity contribution in [2.45, 2.75) is 63.1 Å². The fraction of sp³-hybridized carbons (Fsp3) is 0.244. The molecule has 7 rings (SSSR count). The highest BCUT2D eigenvalue weighted by Crippen LogP contribution is 2.22. The molecule has 4 atom stereocenters. The van der Waals surface area contributed by atoms with Crippen molar-refractivity contribution in [2.24, 2.45) is 5.92 Å². The van der Waals surface area contributed by atoms with Gasteiger partial charge in [0, 0.05) is 37.8 Å². The average Bonchev–Trinajstić information content (AvgIpc) is 3.73. The standard InChI is InChI=1S/C45H44N4O7S/c50-40-27-35(45(55)56)23-30-13-17-36(18-14-30)46-41(51)19-20-42(52)47-38(26-32-21-22-57-28-32)43(53)49-39(44(54)48-37(40)24-29-7-3-1-4-8-29)25-31-11-15-34(16-12-31)33-9-5-2-6-10-33/h1-18,21-22,28,35,37-39H,19-20,23-27H2,(H,46,51)(H,47,52)(H,48,54)(H,49,53)(H,55,56)/t35-,37-,38-,39+/m1/s1. The Morgan fingerprint density at radius 3 is 1.79 bits per heavy atom. The first-order chi connectivity index (χ1) is 27.6. The highest BCUT2D eigenvalue weighted by Gasteiger charge is 2.32. The Balaban J connectivity index is 1.34. The number of aliphatic carboxylic acids is 1. The molecule has 2 bridgehead atoms. The smallest absolute Gasteiger partial charge is 0.307 e. The summed E-state index contributed by atoms with van der Waals surface area (Å²) < 4.78 is 0. The second kappa shape index (κ2) is 19.5. The average molecular weight is 785 g/mol. The van der Waals surface area contributed by atoms with Gasteiger partial charge in [-0.3, -0.25) is 28.8 Å². The van der Waals surface area contributed by atoms with E-state index in [-0.39, 0.29) is 44.9 Å². The SMILES string of the molecule is O=C1CCC(=O)N[C@H](Cc2ccsc2)C(=O)N[C@@H](Cc2ccc(-c3ccccc3)cc2)C(=O)N[C@H](Cc2ccccc2)C(=O)C[C@H](C(=O)O)Cc2ccc(cc2)N1. The number of ketones is 1. The molecule has 0 fully saturated rings. The molecule has 11 nitrogen and oxygen atoms in total. The zero-order valence-corrected chi connectivity index (χ0v) is 32.0. The van der Waals surface area contributed by atoms with Crippen LogP contribution in [0.15, 0.2) is 126 Å². The number of hydrogen-bond donors (Lipinski definition) is 5. The van der Waals surface area contributed by atoms with Crippen molar-refractivity contribution >= 4 is 52.4 Å². The number of carboxylic acid groups (broad SMARTS) is 1. The maximum atomic E-state index is 14.4. The maximum absolute atomic E-state index is 14.4. The number of rotatable bonds is 8. The number of carbonyl (C=O) groups is 6. The number of Topliss-reactive ketones (excluding diaryl/α,β-unsaturated/α-hetero) is 1. The van der Waals surface area contributed by atoms with Crippen molar-refractivity contribution in [1.82, 2.24) is 16.0 Å². The second-order valence-electron chi connectivity index (χ2n) is 14.2. The number of fused-ring (bicyclic) bond motifs is 18. The van der Waals surface area contributed by atoms with Crippen LogP contribution in [0.25, 0.3) is 11.1 Å². The van der Waals surface area contributed by atoms with Crippen LogP contribution in [0.3, 0.4) is 0 Å². The number of hydrogen-bond acceptors (Lipinski definition) is 7. The Bertz CT molecular complexity index is 2160. The third kappa shape index (κ3) is 11.8. The summed E-state index contributed by atoms with van der Waals surface area (Å²) in [5.41, 5.74) is 5.35. The van der Waals surface area contributed by atoms with Crippen LogP contribution in [0.1, 0.15) is 41.5 Å². The molecule has 5 aromatic rings. The van der Waals surface area contributed by atoms with E-state index in [2.05, 4.69) is 21.3 Å². The number of benzene rings is 4. The zero-order valence-electron chi connectivity index (χ0n) is 31.2. The van der Waals surface area contributed by atoms with Crippen molar-refractivity contribution < 1.29 is 33.9 Å². The third-order valence-electron chi connectivity index (χ3n) is 9.89. The Morgan fingerprint density at radius 2 is 1.14 bits per heavy atom. The van der Waals surface area contributed by atoms with Crippen molar-refractivity contribution in [3.63, 3.8) is 0 Å². The van der Waals surface area contributed by atoms with Gasteiger partial charge in [0.1, 0.15) is 12.1 Å². The van der Waals surface area contributed by atoms with Crippen LogP contribution < -0.4 is 21.3 Å². The van der Waals surface area contributed by atoms with Gasteiger partial charge < -0.3 is 26.4 Å². The minimum atomic E-state index is -1.19. The van der Waals surface area contributed by atoms with Gasteiger partial charge in [-0.15, -0.1) is 0 Å². The molecule has 0 saturated heterocycles. The molecule has 4 amide bonds. The normalized spacial score (nSPS) is 20.0. The van der Waals surface area contributed by atoms with Crippen molar-refractivity contribution in [1.29, 1.82) is 0 Å². The molecule has 0 radical (unpaired) electrons. The predicted molar refractivity (Wildman–Crippen MR) is 218 cm³/mol. The van der Waals surface area contributed by atoms with E-state index in [0.717, 1.165) is 27.8 Å². The van der Waals surface area contributed by atoms with Crippen LogP contribution in [-0.4, -0.2) is 58.6 Å². The van der Waals surface area contributed by atoms with Crippen LogP contribution >= 0.6 is 11.3 Å². The fourth-order valence-electron chi connectivity index (χ4n) is 6.76. The summed E-state index contributed by atoms with van der Waals surface area (Å²) in [5, 5.41) is 25.2. The summed E-state index contributed by atoms with van der Waals surface area (Å²) in [6.07, 6.45) is -0.412. The minimum absolute atomic E-state index is 0.0324. The molecule has 292 valence electrons. The lowest BCUT2D eigenvalue weighted by molar-refractivity contribution is -0.144. The van der Waals surface area contributed by atoms with E-state index in [1.54, 1.807) is 24.3 Å². The van der Waals surface area contributed by atoms with Crippen LogP contribution in [0.4, 0.5) is 5.69 Å². The zero-order chi connectivity index (χ0) is 40.1. The summed E-state index contributed by atoms with van der Waals surface area (Å²) in [6, 6.07) is 31.5. The fourth-order valence-corrected chi connectivity index (χ4v) is 7.44. The van der Waals surface area contributed by atoms with E-state index in [1.165, 1.54) is 11.3 Å². The van der Waals surface area contributed by atoms with Gasteiger partial charge in [-0.25, -0.2) is 0 Å². The van der Waals surface area contributed by atoms with Gasteiger partial charge in [0.2, 0.25) is 23.6 Å². The van der Waals surface area contributed by atoms with Gasteiger partial charge >= 0.3 is 5.97 Å². The number of thiophene rings is 1. The minimum Gasteiger partial charge on any atom is -0.481 e. The van der Waals surface area contributed by atoms with E-state index in [0.29, 0.717) is 11.3 Å². The van der Waals surface area contributed by atoms with E-state index >= 15 is 0 Å². The molecule has 5 N–H and O–H groups in total. The topological polar surface area (TPSA) is 171 Å². The molecular formula is C45H44N4O7S. The number of nitrogens with one attached hydrogen (secondary N) is 4. The number of carboxylic acids is 1. The van der Waals surface area contributed by atoms with Crippen LogP contribution in [0.5, 0.6) is 0 Å². The van der Waals surface area contributed by atoms with E-state index in [4.69, 9.17) is 0 Å². The molecule has 0 spiro atoms. The highest BCUT2D eigenvalue weighted by atomic mass is 32.1. The Morgan fingerprint density at radius 1 is 0.579 bits per heavy atom. The lowest BCUT2D eigenvalue weighted by Crippen LogP contribution is -2.57. The number of carbonyl (C=O) groups excluding carboxylic acids is 5. The van der Waals surface area contributed by atoms with Gasteiger partial charge in [0.05, 0.1) is 12.0 Å². The van der Waals surface area contributed by atoms with Crippen LogP contribution in [0, 0.1) is 5.92 Å². The van der Waals surface area contributed by atoms with Crippen LogP contribution in [-0.2, 0) is 54.5 Å². The lowest BCUT2D eigenvalue weighted by atomic mass is 9.90. The van der Waals surface area contributed by atoms with Gasteiger partial charge in [0.15, 0.2) is 5.78 Å². The molecule has 1 aromatic heterocycles. The van der Waals surface area contributed by atoms with Gasteiger partial charge in [0.25, 0.3) is 0 Å². The second-order valence-corrected chi connectivity index (χ2v) is 15.0. The van der Waals surface area contributed by atoms with E-state index < -0.39 is 59.4 Å². The Kier molecular flexibility index (Phi) is 13.7. The Labute approximate surface area is 334 Å². The molecule has 2 aliphatic rings. The molecule has 0 unspecified atom stereocenters. The third-order valence-corrected chi connectivity index (χ3v) is 10.6. The Hall–Kier alpha value is -6.40. The van der Waals surface area contributed by atoms with Crippen molar-refractivity contribution in [3.05, 3.63) is 148 Å². The first-order valence-corrected chi connectivity index (χ1v) is 19.8. The van der Waals surface area contributed by atoms with Crippen molar-refractivity contribution in [2.75, 3.05) is 5.32 Å². The summed E-state index contributed by atoms with van der Waals surface area (Å²) in [6.45, 7) is 0. The summed E-state index contributed by atoms with van der Waals surface area (Å²) in [4.78, 5) is 81.2. The monoisotopic (exact) mass is 784 g/mol. The largest absolute Gasteiger partial charge is 0.481 e. The maximum Gasteiger partial charge on any atom is 0.307 e. The number of anilines is 1. The first-order valence-electron chi connectivity index (χ1n) is 18.8. The molecule has 12 heteroatoms. The molecule has 3 heterocycles. The van der Waals surface area contributed by atoms with E-state index in [1.807, 2.05) is 102 Å². The summed E-state index contributed by atoms with van der Waals surface area (Å²) in [7, 11) is 0. The van der Waals surface area contributed by atoms with Crippen molar-refractivity contribution in [3.8, 4) is 11.1 Å². The summed E-state index contributed by atoms with van der Waals surface area (Å²) in [5.74, 6) is -4.95. The quantitative estimate of drug-likeness (QED) is 0.129. The number of amides is 4. The molecule has 4 aromatic carbocycles. The van der Waals surface area contributed by atoms with E-state index in [9.17, 15) is 33.9 Å². The lowest BCUT2D eigenvalue weighted by Gasteiger charge is -2.26. The molecular weight excluding hydrogens is 741 g/mol. The van der Waals surface area contributed by atoms with Crippen LogP contribution in [0.2, 0.25) is 0 Å². The molecule has 2 aliphatic heterocycles. The highest BCUT2D eigenvalue weighted by molar-refractivity contribution is 7.07. The predicted octanol–water partition coefficient (Wildman–Crippen LogP) is 5.53. The molecule has 0 saturated carbocycles. The first kappa shape index (κ1) is 40.3. The van der Waals surface area contributed by atoms with Gasteiger partial charge in [-0.05, 0) is 75.2 Å². The molecule has 0 aliphatic carbocycles. The van der Waals surface area contributed by atoms with Gasteiger partial charge in [-0.2, -0.15) is 11.3 Å². The summed E-state index contributed by atoms with van der Waals surface area (Å²) >= 11 is 1.44.